The fourth-order valence-electron chi connectivity index (χ4n) is 3.95. The topological polar surface area (TPSA) is 22.0 Å². The molecule has 1 atom stereocenters. The van der Waals surface area contributed by atoms with Gasteiger partial charge in [0.2, 0.25) is 0 Å². The Morgan fingerprint density at radius 1 is 0.926 bits per heavy atom. The molecule has 0 N–H and O–H groups in total. The van der Waals surface area contributed by atoms with Crippen molar-refractivity contribution in [1.82, 2.24) is 4.57 Å². The van der Waals surface area contributed by atoms with E-state index in [1.54, 1.807) is 6.92 Å². The van der Waals surface area contributed by atoms with Crippen LogP contribution in [-0.2, 0) is 6.54 Å². The van der Waals surface area contributed by atoms with Crippen molar-refractivity contribution in [3.05, 3.63) is 83.4 Å². The van der Waals surface area contributed by atoms with Gasteiger partial charge >= 0.3 is 0 Å². The highest BCUT2D eigenvalue weighted by atomic mass is 16.1. The molecule has 0 aliphatic heterocycles. The summed E-state index contributed by atoms with van der Waals surface area (Å²) in [7, 11) is 0. The van der Waals surface area contributed by atoms with Gasteiger partial charge in [0.05, 0.1) is 0 Å². The Bertz CT molecular complexity index is 1080. The summed E-state index contributed by atoms with van der Waals surface area (Å²) in [5.41, 5.74) is 5.59. The molecule has 4 aromatic rings. The van der Waals surface area contributed by atoms with Gasteiger partial charge in [-0.15, -0.1) is 0 Å². The lowest BCUT2D eigenvalue weighted by molar-refractivity contribution is 0.101. The van der Waals surface area contributed by atoms with E-state index in [1.165, 1.54) is 27.4 Å². The van der Waals surface area contributed by atoms with Crippen molar-refractivity contribution in [2.45, 2.75) is 39.7 Å². The molecule has 2 nitrogen and oxygen atoms in total. The van der Waals surface area contributed by atoms with Gasteiger partial charge in [0, 0.05) is 33.9 Å². The highest BCUT2D eigenvalue weighted by Crippen LogP contribution is 2.30. The Kier molecular flexibility index (Phi) is 4.57. The number of nitrogens with zero attached hydrogens (tertiary/aromatic N) is 1. The molecular weight excluding hydrogens is 330 g/mol. The number of aromatic nitrogens is 1. The molecule has 3 aromatic carbocycles. The maximum absolute atomic E-state index is 12.4. The van der Waals surface area contributed by atoms with Crippen LogP contribution in [0, 0.1) is 0 Å². The first-order valence-corrected chi connectivity index (χ1v) is 9.70. The number of fused-ring (bicyclic) bond motifs is 3. The quantitative estimate of drug-likeness (QED) is 0.372. The lowest BCUT2D eigenvalue weighted by atomic mass is 9.93. The Hall–Kier alpha value is -2.87. The largest absolute Gasteiger partial charge is 0.336 e. The van der Waals surface area contributed by atoms with Crippen molar-refractivity contribution in [1.29, 1.82) is 0 Å². The second-order valence-corrected chi connectivity index (χ2v) is 7.40. The number of para-hydroxylation sites is 2. The second kappa shape index (κ2) is 7.03. The van der Waals surface area contributed by atoms with E-state index >= 15 is 0 Å². The average molecular weight is 355 g/mol. The van der Waals surface area contributed by atoms with Gasteiger partial charge in [-0.1, -0.05) is 62.4 Å². The smallest absolute Gasteiger partial charge is 0.160 e. The molecule has 0 saturated carbocycles. The standard InChI is InChI=1S/C25H25NO/c1-4-17(2)19-13-14-20(23(15-19)18(3)27)16-26-24-11-7-5-9-21(24)22-10-6-8-12-25(22)26/h5-15,17H,4,16H2,1-3H3. The van der Waals surface area contributed by atoms with Crippen molar-refractivity contribution < 1.29 is 4.79 Å². The number of carbonyl (C=O) groups is 1. The summed E-state index contributed by atoms with van der Waals surface area (Å²) in [6.07, 6.45) is 1.07. The fourth-order valence-corrected chi connectivity index (χ4v) is 3.95. The number of benzene rings is 3. The summed E-state index contributed by atoms with van der Waals surface area (Å²) in [6, 6.07) is 23.4. The lowest BCUT2D eigenvalue weighted by Gasteiger charge is -2.15. The van der Waals surface area contributed by atoms with E-state index < -0.39 is 0 Å². The predicted molar refractivity (Wildman–Crippen MR) is 114 cm³/mol. The van der Waals surface area contributed by atoms with Crippen LogP contribution in [-0.4, -0.2) is 10.4 Å². The van der Waals surface area contributed by atoms with E-state index in [0.717, 1.165) is 17.5 Å². The zero-order valence-corrected chi connectivity index (χ0v) is 16.2. The van der Waals surface area contributed by atoms with Crippen molar-refractivity contribution in [3.63, 3.8) is 0 Å². The van der Waals surface area contributed by atoms with Gasteiger partial charge in [-0.2, -0.15) is 0 Å². The summed E-state index contributed by atoms with van der Waals surface area (Å²) in [5.74, 6) is 0.598. The van der Waals surface area contributed by atoms with Crippen LogP contribution in [0.3, 0.4) is 0 Å². The number of rotatable bonds is 5. The van der Waals surface area contributed by atoms with E-state index in [-0.39, 0.29) is 5.78 Å². The molecule has 1 heterocycles. The van der Waals surface area contributed by atoms with Crippen molar-refractivity contribution in [2.24, 2.45) is 0 Å². The molecule has 27 heavy (non-hydrogen) atoms. The van der Waals surface area contributed by atoms with Crippen LogP contribution >= 0.6 is 0 Å². The van der Waals surface area contributed by atoms with Crippen LogP contribution in [0.1, 0.15) is 54.6 Å². The van der Waals surface area contributed by atoms with E-state index in [4.69, 9.17) is 0 Å². The van der Waals surface area contributed by atoms with Gasteiger partial charge in [0.25, 0.3) is 0 Å². The van der Waals surface area contributed by atoms with Crippen molar-refractivity contribution in [2.75, 3.05) is 0 Å². The van der Waals surface area contributed by atoms with Crippen LogP contribution in [0.25, 0.3) is 21.8 Å². The fraction of sp³-hybridized carbons (Fsp3) is 0.240. The second-order valence-electron chi connectivity index (χ2n) is 7.40. The number of hydrogen-bond donors (Lipinski definition) is 0. The molecule has 0 aliphatic rings. The van der Waals surface area contributed by atoms with Crippen LogP contribution in [0.4, 0.5) is 0 Å². The molecule has 0 bridgehead atoms. The third-order valence-electron chi connectivity index (χ3n) is 5.70. The minimum absolute atomic E-state index is 0.135. The van der Waals surface area contributed by atoms with Gasteiger partial charge in [-0.05, 0) is 48.6 Å². The maximum Gasteiger partial charge on any atom is 0.160 e. The summed E-state index contributed by atoms with van der Waals surface area (Å²) in [6.45, 7) is 6.77. The zero-order valence-electron chi connectivity index (χ0n) is 16.2. The third kappa shape index (κ3) is 3.06. The Morgan fingerprint density at radius 3 is 2.07 bits per heavy atom. The minimum Gasteiger partial charge on any atom is -0.336 e. The number of hydrogen-bond acceptors (Lipinski definition) is 1. The molecule has 1 unspecified atom stereocenters. The van der Waals surface area contributed by atoms with E-state index in [0.29, 0.717) is 12.5 Å². The van der Waals surface area contributed by atoms with E-state index in [2.05, 4.69) is 85.1 Å². The number of Topliss-reactive ketones (excluding diaryl/α,β-unsaturated/α-hetero) is 1. The molecule has 4 rings (SSSR count). The van der Waals surface area contributed by atoms with Gasteiger partial charge in [0.1, 0.15) is 0 Å². The molecule has 0 radical (unpaired) electrons. The normalized spacial score (nSPS) is 12.6. The summed E-state index contributed by atoms with van der Waals surface area (Å²) in [5, 5.41) is 2.52. The first-order valence-electron chi connectivity index (χ1n) is 9.70. The predicted octanol–water partition coefficient (Wildman–Crippen LogP) is 6.56. The van der Waals surface area contributed by atoms with Crippen molar-refractivity contribution in [3.8, 4) is 0 Å². The minimum atomic E-state index is 0.135. The molecule has 136 valence electrons. The highest BCUT2D eigenvalue weighted by Gasteiger charge is 2.15. The third-order valence-corrected chi connectivity index (χ3v) is 5.70. The van der Waals surface area contributed by atoms with Gasteiger partial charge in [-0.3, -0.25) is 4.79 Å². The van der Waals surface area contributed by atoms with Crippen LogP contribution in [0.5, 0.6) is 0 Å². The monoisotopic (exact) mass is 355 g/mol. The molecule has 0 amide bonds. The summed E-state index contributed by atoms with van der Waals surface area (Å²) in [4.78, 5) is 12.4. The van der Waals surface area contributed by atoms with E-state index in [9.17, 15) is 4.79 Å². The summed E-state index contributed by atoms with van der Waals surface area (Å²) >= 11 is 0. The number of ketones is 1. The summed E-state index contributed by atoms with van der Waals surface area (Å²) < 4.78 is 2.33. The number of carbonyl (C=O) groups excluding carboxylic acids is 1. The first kappa shape index (κ1) is 17.5. The van der Waals surface area contributed by atoms with Gasteiger partial charge in [-0.25, -0.2) is 0 Å². The van der Waals surface area contributed by atoms with Crippen LogP contribution in [0.2, 0.25) is 0 Å². The van der Waals surface area contributed by atoms with E-state index in [1.807, 2.05) is 0 Å². The Morgan fingerprint density at radius 2 is 1.52 bits per heavy atom. The van der Waals surface area contributed by atoms with Crippen molar-refractivity contribution >= 4 is 27.6 Å². The lowest BCUT2D eigenvalue weighted by Crippen LogP contribution is -2.07. The van der Waals surface area contributed by atoms with Gasteiger partial charge in [0.15, 0.2) is 5.78 Å². The molecule has 0 fully saturated rings. The SMILES string of the molecule is CCC(C)c1ccc(Cn2c3ccccc3c3ccccc32)c(C(C)=O)c1. The Balaban J connectivity index is 1.88. The molecule has 0 aliphatic carbocycles. The highest BCUT2D eigenvalue weighted by molar-refractivity contribution is 6.08. The van der Waals surface area contributed by atoms with Crippen LogP contribution < -0.4 is 0 Å². The molecule has 1 aromatic heterocycles. The Labute approximate surface area is 160 Å². The van der Waals surface area contributed by atoms with Crippen LogP contribution in [0.15, 0.2) is 66.7 Å². The molecule has 0 spiro atoms. The zero-order chi connectivity index (χ0) is 19.0. The average Bonchev–Trinajstić information content (AvgIpc) is 3.02. The molecule has 0 saturated heterocycles. The van der Waals surface area contributed by atoms with Gasteiger partial charge < -0.3 is 4.57 Å². The first-order chi connectivity index (χ1) is 13.1. The molecule has 2 heteroatoms. The molecular formula is C25H25NO. The maximum atomic E-state index is 12.4.